The van der Waals surface area contributed by atoms with Gasteiger partial charge in [0.25, 0.3) is 0 Å². The molecule has 1 saturated heterocycles. The molecule has 1 aliphatic rings. The Morgan fingerprint density at radius 2 is 1.89 bits per heavy atom. The molecule has 0 bridgehead atoms. The average Bonchev–Trinajstić information content (AvgIpc) is 2.41. The Morgan fingerprint density at radius 1 is 1.21 bits per heavy atom. The van der Waals surface area contributed by atoms with E-state index in [4.69, 9.17) is 5.73 Å². The fourth-order valence-corrected chi connectivity index (χ4v) is 2.52. The zero-order chi connectivity index (χ0) is 13.8. The zero-order valence-corrected chi connectivity index (χ0v) is 11.9. The van der Waals surface area contributed by atoms with Crippen LogP contribution in [0.4, 0.5) is 4.39 Å². The molecule has 1 fully saturated rings. The number of piperazine rings is 1. The van der Waals surface area contributed by atoms with Gasteiger partial charge in [-0.1, -0.05) is 12.1 Å². The highest BCUT2D eigenvalue weighted by molar-refractivity contribution is 5.24. The number of nitrogens with zero attached hydrogens (tertiary/aromatic N) is 2. The zero-order valence-electron chi connectivity index (χ0n) is 11.9. The molecule has 1 aliphatic heterocycles. The minimum Gasteiger partial charge on any atom is -0.326 e. The summed E-state index contributed by atoms with van der Waals surface area (Å²) in [6.07, 6.45) is 0. The second-order valence-corrected chi connectivity index (χ2v) is 5.54. The van der Waals surface area contributed by atoms with Gasteiger partial charge in [0.15, 0.2) is 0 Å². The van der Waals surface area contributed by atoms with Gasteiger partial charge >= 0.3 is 0 Å². The molecule has 19 heavy (non-hydrogen) atoms. The SMILES string of the molecule is CC(C)N1CCN(Cc2ccc(CN)cc2F)CC1. The highest BCUT2D eigenvalue weighted by Gasteiger charge is 2.19. The minimum atomic E-state index is -0.130. The molecule has 0 unspecified atom stereocenters. The lowest BCUT2D eigenvalue weighted by Gasteiger charge is -2.37. The van der Waals surface area contributed by atoms with Crippen LogP contribution in [0.2, 0.25) is 0 Å². The smallest absolute Gasteiger partial charge is 0.128 e. The van der Waals surface area contributed by atoms with Crippen molar-refractivity contribution in [2.45, 2.75) is 33.0 Å². The predicted octanol–water partition coefficient (Wildman–Crippen LogP) is 1.81. The van der Waals surface area contributed by atoms with Crippen molar-refractivity contribution in [2.75, 3.05) is 26.2 Å². The third-order valence-corrected chi connectivity index (χ3v) is 3.88. The molecule has 1 aromatic carbocycles. The molecule has 0 aliphatic carbocycles. The Morgan fingerprint density at radius 3 is 2.42 bits per heavy atom. The van der Waals surface area contributed by atoms with Gasteiger partial charge in [-0.2, -0.15) is 0 Å². The minimum absolute atomic E-state index is 0.130. The lowest BCUT2D eigenvalue weighted by molar-refractivity contribution is 0.103. The molecule has 0 spiro atoms. The molecule has 2 N–H and O–H groups in total. The Bertz CT molecular complexity index is 412. The van der Waals surface area contributed by atoms with Crippen LogP contribution in [0.5, 0.6) is 0 Å². The van der Waals surface area contributed by atoms with Gasteiger partial charge in [-0.3, -0.25) is 9.80 Å². The van der Waals surface area contributed by atoms with Crippen molar-refractivity contribution in [1.29, 1.82) is 0 Å². The van der Waals surface area contributed by atoms with Gasteiger partial charge in [0.1, 0.15) is 5.82 Å². The fourth-order valence-electron chi connectivity index (χ4n) is 2.52. The average molecular weight is 265 g/mol. The van der Waals surface area contributed by atoms with Crippen molar-refractivity contribution in [3.05, 3.63) is 35.1 Å². The van der Waals surface area contributed by atoms with Crippen molar-refractivity contribution in [2.24, 2.45) is 5.73 Å². The van der Waals surface area contributed by atoms with Crippen LogP contribution >= 0.6 is 0 Å². The summed E-state index contributed by atoms with van der Waals surface area (Å²) >= 11 is 0. The van der Waals surface area contributed by atoms with E-state index in [0.29, 0.717) is 19.1 Å². The van der Waals surface area contributed by atoms with Gasteiger partial charge < -0.3 is 5.73 Å². The second-order valence-electron chi connectivity index (χ2n) is 5.54. The molecule has 2 rings (SSSR count). The number of hydrogen-bond acceptors (Lipinski definition) is 3. The van der Waals surface area contributed by atoms with Crippen molar-refractivity contribution < 1.29 is 4.39 Å². The van der Waals surface area contributed by atoms with Crippen LogP contribution in [0.15, 0.2) is 18.2 Å². The number of nitrogens with two attached hydrogens (primary N) is 1. The van der Waals surface area contributed by atoms with Crippen LogP contribution in [-0.4, -0.2) is 42.0 Å². The van der Waals surface area contributed by atoms with Crippen molar-refractivity contribution in [3.8, 4) is 0 Å². The van der Waals surface area contributed by atoms with Gasteiger partial charge in [-0.15, -0.1) is 0 Å². The Kier molecular flexibility index (Phi) is 4.91. The van der Waals surface area contributed by atoms with Gasteiger partial charge in [0, 0.05) is 50.9 Å². The van der Waals surface area contributed by atoms with E-state index in [1.54, 1.807) is 6.07 Å². The van der Waals surface area contributed by atoms with E-state index in [0.717, 1.165) is 37.3 Å². The summed E-state index contributed by atoms with van der Waals surface area (Å²) < 4.78 is 13.9. The molecule has 0 saturated carbocycles. The number of hydrogen-bond donors (Lipinski definition) is 1. The molecule has 4 heteroatoms. The molecule has 0 amide bonds. The van der Waals surface area contributed by atoms with Crippen LogP contribution in [0, 0.1) is 5.82 Å². The summed E-state index contributed by atoms with van der Waals surface area (Å²) in [5, 5.41) is 0. The van der Waals surface area contributed by atoms with E-state index >= 15 is 0 Å². The molecular weight excluding hydrogens is 241 g/mol. The van der Waals surface area contributed by atoms with Gasteiger partial charge in [-0.05, 0) is 25.5 Å². The van der Waals surface area contributed by atoms with E-state index in [2.05, 4.69) is 23.6 Å². The maximum Gasteiger partial charge on any atom is 0.128 e. The highest BCUT2D eigenvalue weighted by Crippen LogP contribution is 2.15. The Hall–Kier alpha value is -0.970. The summed E-state index contributed by atoms with van der Waals surface area (Å²) in [5.74, 6) is -0.130. The first-order valence-electron chi connectivity index (χ1n) is 7.04. The van der Waals surface area contributed by atoms with E-state index < -0.39 is 0 Å². The summed E-state index contributed by atoms with van der Waals surface area (Å²) in [5.41, 5.74) is 7.14. The summed E-state index contributed by atoms with van der Waals surface area (Å²) in [7, 11) is 0. The standard InChI is InChI=1S/C15H24FN3/c1-12(2)19-7-5-18(6-8-19)11-14-4-3-13(10-17)9-15(14)16/h3-4,9,12H,5-8,10-11,17H2,1-2H3. The topological polar surface area (TPSA) is 32.5 Å². The molecule has 1 aromatic rings. The first-order chi connectivity index (χ1) is 9.10. The Labute approximate surface area is 115 Å². The maximum absolute atomic E-state index is 13.9. The van der Waals surface area contributed by atoms with Crippen LogP contribution in [-0.2, 0) is 13.1 Å². The van der Waals surface area contributed by atoms with Gasteiger partial charge in [0.05, 0.1) is 0 Å². The normalized spacial score (nSPS) is 18.2. The van der Waals surface area contributed by atoms with Crippen LogP contribution in [0.25, 0.3) is 0 Å². The summed E-state index contributed by atoms with van der Waals surface area (Å²) in [4.78, 5) is 4.78. The van der Waals surface area contributed by atoms with Crippen LogP contribution < -0.4 is 5.73 Å². The third kappa shape index (κ3) is 3.75. The molecule has 0 radical (unpaired) electrons. The Balaban J connectivity index is 1.92. The maximum atomic E-state index is 13.9. The van der Waals surface area contributed by atoms with Crippen molar-refractivity contribution >= 4 is 0 Å². The van der Waals surface area contributed by atoms with Crippen molar-refractivity contribution in [3.63, 3.8) is 0 Å². The molecule has 0 aromatic heterocycles. The highest BCUT2D eigenvalue weighted by atomic mass is 19.1. The van der Waals surface area contributed by atoms with E-state index in [-0.39, 0.29) is 5.82 Å². The predicted molar refractivity (Wildman–Crippen MR) is 76.3 cm³/mol. The number of benzene rings is 1. The molecule has 1 heterocycles. The lowest BCUT2D eigenvalue weighted by Crippen LogP contribution is -2.48. The molecule has 3 nitrogen and oxygen atoms in total. The van der Waals surface area contributed by atoms with Crippen LogP contribution in [0.1, 0.15) is 25.0 Å². The molecule has 106 valence electrons. The van der Waals surface area contributed by atoms with Gasteiger partial charge in [0.2, 0.25) is 0 Å². The van der Waals surface area contributed by atoms with Crippen molar-refractivity contribution in [1.82, 2.24) is 9.80 Å². The monoisotopic (exact) mass is 265 g/mol. The number of rotatable bonds is 4. The summed E-state index contributed by atoms with van der Waals surface area (Å²) in [6, 6.07) is 5.94. The quantitative estimate of drug-likeness (QED) is 0.901. The molecule has 0 atom stereocenters. The first-order valence-corrected chi connectivity index (χ1v) is 7.04. The van der Waals surface area contributed by atoms with E-state index in [9.17, 15) is 4.39 Å². The molecular formula is C15H24FN3. The van der Waals surface area contributed by atoms with E-state index in [1.165, 1.54) is 0 Å². The van der Waals surface area contributed by atoms with E-state index in [1.807, 2.05) is 12.1 Å². The van der Waals surface area contributed by atoms with Gasteiger partial charge in [-0.25, -0.2) is 4.39 Å². The largest absolute Gasteiger partial charge is 0.326 e. The summed E-state index contributed by atoms with van der Waals surface area (Å²) in [6.45, 7) is 9.70. The lowest BCUT2D eigenvalue weighted by atomic mass is 10.1. The number of halogens is 1. The van der Waals surface area contributed by atoms with Crippen LogP contribution in [0.3, 0.4) is 0 Å². The first kappa shape index (κ1) is 14.4. The second kappa shape index (κ2) is 6.46. The fraction of sp³-hybridized carbons (Fsp3) is 0.600. The third-order valence-electron chi connectivity index (χ3n) is 3.88.